The van der Waals surface area contributed by atoms with Crippen molar-refractivity contribution in [1.29, 1.82) is 0 Å². The average molecular weight is 546 g/mol. The fourth-order valence-electron chi connectivity index (χ4n) is 4.15. The summed E-state index contributed by atoms with van der Waals surface area (Å²) in [4.78, 5) is 26.1. The number of halogens is 1. The molecule has 2 amide bonds. The van der Waals surface area contributed by atoms with Gasteiger partial charge in [-0.3, -0.25) is 14.2 Å². The molecule has 2 N–H and O–H groups in total. The lowest BCUT2D eigenvalue weighted by atomic mass is 10.1. The van der Waals surface area contributed by atoms with Gasteiger partial charge in [0, 0.05) is 20.0 Å². The van der Waals surface area contributed by atoms with Crippen LogP contribution in [0.3, 0.4) is 0 Å². The Hall–Kier alpha value is -3.74. The minimum atomic E-state index is -4.09. The number of rotatable bonds is 5. The van der Waals surface area contributed by atoms with Crippen LogP contribution in [0.1, 0.15) is 6.92 Å². The summed E-state index contributed by atoms with van der Waals surface area (Å²) in [5.41, 5.74) is 0.948. The third kappa shape index (κ3) is 6.77. The number of hydrogen-bond acceptors (Lipinski definition) is 7. The smallest absolute Gasteiger partial charge is 0.414 e. The topological polar surface area (TPSA) is 125 Å². The second-order valence-electron chi connectivity index (χ2n) is 8.77. The predicted octanol–water partition coefficient (Wildman–Crippen LogP) is 3.21. The summed E-state index contributed by atoms with van der Waals surface area (Å²) >= 11 is 0. The largest absolute Gasteiger partial charge is 0.442 e. The van der Waals surface area contributed by atoms with Crippen LogP contribution in [0.4, 0.5) is 20.6 Å². The Labute approximate surface area is 219 Å². The first-order valence-electron chi connectivity index (χ1n) is 11.9. The van der Waals surface area contributed by atoms with E-state index in [0.29, 0.717) is 37.7 Å². The number of nitrogens with one attached hydrogen (secondary N) is 1. The molecule has 10 nitrogen and oxygen atoms in total. The van der Waals surface area contributed by atoms with Crippen molar-refractivity contribution in [3.05, 3.63) is 66.5 Å². The quantitative estimate of drug-likeness (QED) is 0.469. The maximum atomic E-state index is 14.4. The summed E-state index contributed by atoms with van der Waals surface area (Å²) in [7, 11) is -4.09. The van der Waals surface area contributed by atoms with Gasteiger partial charge >= 0.3 is 6.09 Å². The molecule has 0 spiro atoms. The van der Waals surface area contributed by atoms with Crippen molar-refractivity contribution in [1.82, 2.24) is 5.32 Å². The van der Waals surface area contributed by atoms with Gasteiger partial charge in [-0.15, -0.1) is 0 Å². The number of carbonyl (C=O) groups excluding carboxylic acids is 2. The molecule has 202 valence electrons. The van der Waals surface area contributed by atoms with Crippen molar-refractivity contribution >= 4 is 44.3 Å². The highest BCUT2D eigenvalue weighted by Gasteiger charge is 2.33. The summed E-state index contributed by atoms with van der Waals surface area (Å²) in [6, 6.07) is 16.6. The molecule has 0 aromatic heterocycles. The molecule has 5 rings (SSSR count). The van der Waals surface area contributed by atoms with Gasteiger partial charge in [-0.25, -0.2) is 9.18 Å². The molecule has 0 unspecified atom stereocenters. The van der Waals surface area contributed by atoms with E-state index >= 15 is 0 Å². The fraction of sp³-hybridized carbons (Fsp3) is 0.308. The van der Waals surface area contributed by atoms with Crippen molar-refractivity contribution in [3.63, 3.8) is 0 Å². The Balaban J connectivity index is 0.000000204. The Morgan fingerprint density at radius 3 is 2.45 bits per heavy atom. The highest BCUT2D eigenvalue weighted by Crippen LogP contribution is 2.28. The van der Waals surface area contributed by atoms with Crippen LogP contribution >= 0.6 is 0 Å². The molecular formula is C26H28FN3O7S. The number of benzene rings is 3. The van der Waals surface area contributed by atoms with Gasteiger partial charge in [-0.2, -0.15) is 8.42 Å². The monoisotopic (exact) mass is 545 g/mol. The summed E-state index contributed by atoms with van der Waals surface area (Å²) in [6.07, 6.45) is -0.979. The van der Waals surface area contributed by atoms with Crippen molar-refractivity contribution in [2.75, 3.05) is 49.2 Å². The molecule has 12 heteroatoms. The average Bonchev–Trinajstić information content (AvgIpc) is 3.28. The first-order chi connectivity index (χ1) is 18.1. The molecule has 0 radical (unpaired) electrons. The number of morpholine rings is 1. The predicted molar refractivity (Wildman–Crippen MR) is 139 cm³/mol. The lowest BCUT2D eigenvalue weighted by Gasteiger charge is -2.29. The second-order valence-corrected chi connectivity index (χ2v) is 10.2. The molecule has 3 aromatic rings. The summed E-state index contributed by atoms with van der Waals surface area (Å²) < 4.78 is 55.4. The van der Waals surface area contributed by atoms with Gasteiger partial charge in [-0.1, -0.05) is 30.3 Å². The van der Waals surface area contributed by atoms with Crippen LogP contribution in [0, 0.1) is 5.82 Å². The van der Waals surface area contributed by atoms with Crippen LogP contribution in [0.2, 0.25) is 0 Å². The van der Waals surface area contributed by atoms with E-state index in [1.165, 1.54) is 30.0 Å². The van der Waals surface area contributed by atoms with E-state index in [4.69, 9.17) is 14.0 Å². The van der Waals surface area contributed by atoms with Gasteiger partial charge in [0.25, 0.3) is 10.1 Å². The highest BCUT2D eigenvalue weighted by molar-refractivity contribution is 7.85. The van der Waals surface area contributed by atoms with Gasteiger partial charge in [0.05, 0.1) is 42.6 Å². The number of nitrogens with zero attached hydrogens (tertiary/aromatic N) is 2. The van der Waals surface area contributed by atoms with Crippen LogP contribution in [0.15, 0.2) is 65.6 Å². The maximum absolute atomic E-state index is 14.4. The molecule has 38 heavy (non-hydrogen) atoms. The number of anilines is 2. The molecule has 2 heterocycles. The normalized spacial score (nSPS) is 17.6. The zero-order chi connectivity index (χ0) is 27.3. The van der Waals surface area contributed by atoms with Gasteiger partial charge < -0.3 is 19.7 Å². The molecule has 3 aromatic carbocycles. The SMILES string of the molecule is CC(=O)NC[C@H]1CN(c2ccc(N3CCOCC3)c(F)c2)C(=O)O1.O=S(=O)(O)c1ccc2ccccc2c1. The highest BCUT2D eigenvalue weighted by atomic mass is 32.2. The first-order valence-corrected chi connectivity index (χ1v) is 13.4. The van der Waals surface area contributed by atoms with Crippen LogP contribution in [-0.4, -0.2) is 70.5 Å². The van der Waals surface area contributed by atoms with Gasteiger partial charge in [0.1, 0.15) is 11.9 Å². The van der Waals surface area contributed by atoms with E-state index in [1.807, 2.05) is 23.1 Å². The molecule has 2 aliphatic rings. The van der Waals surface area contributed by atoms with Gasteiger partial charge in [0.2, 0.25) is 5.91 Å². The summed E-state index contributed by atoms with van der Waals surface area (Å²) in [5, 5.41) is 4.35. The van der Waals surface area contributed by atoms with Gasteiger partial charge in [0.15, 0.2) is 0 Å². The lowest BCUT2D eigenvalue weighted by molar-refractivity contribution is -0.119. The van der Waals surface area contributed by atoms with Gasteiger partial charge in [-0.05, 0) is 41.1 Å². The Bertz CT molecular complexity index is 1430. The molecule has 0 aliphatic carbocycles. The Morgan fingerprint density at radius 2 is 1.79 bits per heavy atom. The summed E-state index contributed by atoms with van der Waals surface area (Å²) in [6.45, 7) is 4.34. The van der Waals surface area contributed by atoms with Crippen LogP contribution in [0.25, 0.3) is 10.8 Å². The zero-order valence-corrected chi connectivity index (χ0v) is 21.5. The number of amides is 2. The van der Waals surface area contributed by atoms with E-state index in [-0.39, 0.29) is 29.7 Å². The third-order valence-electron chi connectivity index (χ3n) is 6.07. The minimum absolute atomic E-state index is 0.0730. The lowest BCUT2D eigenvalue weighted by Crippen LogP contribution is -2.36. The van der Waals surface area contributed by atoms with Crippen LogP contribution in [-0.2, 0) is 24.4 Å². The molecule has 2 fully saturated rings. The van der Waals surface area contributed by atoms with E-state index in [0.717, 1.165) is 10.8 Å². The summed E-state index contributed by atoms with van der Waals surface area (Å²) in [5.74, 6) is -0.571. The number of hydrogen-bond donors (Lipinski definition) is 2. The van der Waals surface area contributed by atoms with Crippen LogP contribution in [0.5, 0.6) is 0 Å². The molecule has 0 bridgehead atoms. The molecule has 2 aliphatic heterocycles. The number of cyclic esters (lactones) is 1. The fourth-order valence-corrected chi connectivity index (χ4v) is 4.66. The molecule has 0 saturated carbocycles. The van der Waals surface area contributed by atoms with Crippen molar-refractivity contribution in [3.8, 4) is 0 Å². The molecule has 1 atom stereocenters. The van der Waals surface area contributed by atoms with Crippen molar-refractivity contribution in [2.45, 2.75) is 17.9 Å². The Morgan fingerprint density at radius 1 is 1.08 bits per heavy atom. The van der Waals surface area contributed by atoms with Crippen molar-refractivity contribution < 1.29 is 36.4 Å². The van der Waals surface area contributed by atoms with E-state index in [2.05, 4.69) is 5.32 Å². The first kappa shape index (κ1) is 27.3. The third-order valence-corrected chi connectivity index (χ3v) is 6.92. The standard InChI is InChI=1S/C16H20FN3O4.C10H8O3S/c1-11(21)18-9-13-10-20(16(22)24-13)12-2-3-15(14(17)8-12)19-4-6-23-7-5-19;11-14(12,13)10-6-5-8-3-1-2-4-9(8)7-10/h2-3,8,13H,4-7,9-10H2,1H3,(H,18,21);1-7H,(H,11,12,13)/t13-;/m0./s1. The maximum Gasteiger partial charge on any atom is 0.414 e. The second kappa shape index (κ2) is 11.8. The van der Waals surface area contributed by atoms with E-state index in [9.17, 15) is 22.4 Å². The van der Waals surface area contributed by atoms with E-state index < -0.39 is 22.3 Å². The molecule has 2 saturated heterocycles. The number of carbonyl (C=O) groups is 2. The van der Waals surface area contributed by atoms with Crippen molar-refractivity contribution in [2.24, 2.45) is 0 Å². The number of ether oxygens (including phenoxy) is 2. The number of fused-ring (bicyclic) bond motifs is 1. The molecular weight excluding hydrogens is 517 g/mol. The van der Waals surface area contributed by atoms with Crippen LogP contribution < -0.4 is 15.1 Å². The minimum Gasteiger partial charge on any atom is -0.442 e. The zero-order valence-electron chi connectivity index (χ0n) is 20.7. The Kier molecular flexibility index (Phi) is 8.45. The van der Waals surface area contributed by atoms with E-state index in [1.54, 1.807) is 24.3 Å².